The Morgan fingerprint density at radius 3 is 2.48 bits per heavy atom. The van der Waals surface area contributed by atoms with Gasteiger partial charge in [-0.15, -0.1) is 0 Å². The lowest BCUT2D eigenvalue weighted by molar-refractivity contribution is -0.117. The van der Waals surface area contributed by atoms with E-state index < -0.39 is 17.6 Å². The molecule has 2 aromatic carbocycles. The maximum Gasteiger partial charge on any atom is 0.249 e. The Kier molecular flexibility index (Phi) is 5.11. The van der Waals surface area contributed by atoms with Gasteiger partial charge < -0.3 is 10.1 Å². The molecule has 116 valence electrons. The number of carbonyl (C=O) groups excluding carboxylic acids is 2. The van der Waals surface area contributed by atoms with Crippen LogP contribution in [0.5, 0.6) is 5.75 Å². The quantitative estimate of drug-likeness (QED) is 0.680. The second kappa shape index (κ2) is 7.23. The molecule has 0 fully saturated rings. The molecule has 1 atom stereocenters. The summed E-state index contributed by atoms with van der Waals surface area (Å²) in [6.45, 7) is 1.89. The van der Waals surface area contributed by atoms with E-state index in [0.29, 0.717) is 17.0 Å². The first-order chi connectivity index (χ1) is 11.0. The summed E-state index contributed by atoms with van der Waals surface area (Å²) in [7, 11) is 1.51. The number of rotatable bonds is 5. The van der Waals surface area contributed by atoms with Gasteiger partial charge in [0.05, 0.1) is 13.2 Å². The molecular weight excluding hydrogens is 292 g/mol. The van der Waals surface area contributed by atoms with Crippen molar-refractivity contribution >= 4 is 17.4 Å². The van der Waals surface area contributed by atoms with Crippen LogP contribution < -0.4 is 10.1 Å². The van der Waals surface area contributed by atoms with Crippen molar-refractivity contribution in [2.45, 2.75) is 6.92 Å². The maximum absolute atomic E-state index is 12.3. The molecule has 23 heavy (non-hydrogen) atoms. The molecule has 5 nitrogen and oxygen atoms in total. The molecule has 1 amide bonds. The fourth-order valence-electron chi connectivity index (χ4n) is 2.04. The summed E-state index contributed by atoms with van der Waals surface area (Å²) in [5, 5.41) is 11.8. The molecule has 2 rings (SSSR count). The average Bonchev–Trinajstić information content (AvgIpc) is 2.56. The molecule has 1 N–H and O–H groups in total. The number of hydrogen-bond donors (Lipinski definition) is 1. The predicted octanol–water partition coefficient (Wildman–Crippen LogP) is 2.96. The first-order valence-electron chi connectivity index (χ1n) is 7.00. The molecule has 0 radical (unpaired) electrons. The van der Waals surface area contributed by atoms with Crippen LogP contribution in [-0.2, 0) is 4.79 Å². The average molecular weight is 308 g/mol. The van der Waals surface area contributed by atoms with Crippen molar-refractivity contribution in [1.29, 1.82) is 5.26 Å². The van der Waals surface area contributed by atoms with Crippen LogP contribution in [0.25, 0.3) is 0 Å². The van der Waals surface area contributed by atoms with Gasteiger partial charge in [-0.2, -0.15) is 5.26 Å². The predicted molar refractivity (Wildman–Crippen MR) is 86.2 cm³/mol. The van der Waals surface area contributed by atoms with Crippen molar-refractivity contribution in [3.8, 4) is 11.8 Å². The molecule has 0 bridgehead atoms. The van der Waals surface area contributed by atoms with Crippen LogP contribution in [0.3, 0.4) is 0 Å². The Balaban J connectivity index is 2.16. The lowest BCUT2D eigenvalue weighted by Crippen LogP contribution is -2.28. The van der Waals surface area contributed by atoms with Gasteiger partial charge in [0, 0.05) is 17.3 Å². The Morgan fingerprint density at radius 2 is 1.87 bits per heavy atom. The zero-order chi connectivity index (χ0) is 16.8. The smallest absolute Gasteiger partial charge is 0.249 e. The monoisotopic (exact) mass is 308 g/mol. The number of amides is 1. The second-order valence-corrected chi connectivity index (χ2v) is 5.01. The Labute approximate surface area is 134 Å². The largest absolute Gasteiger partial charge is 0.497 e. The Morgan fingerprint density at radius 1 is 1.17 bits per heavy atom. The minimum Gasteiger partial charge on any atom is -0.497 e. The first-order valence-corrected chi connectivity index (χ1v) is 7.00. The molecule has 0 saturated carbocycles. The van der Waals surface area contributed by atoms with Gasteiger partial charge >= 0.3 is 0 Å². The summed E-state index contributed by atoms with van der Waals surface area (Å²) in [5.41, 5.74) is 1.80. The molecule has 5 heteroatoms. The van der Waals surface area contributed by atoms with Crippen LogP contribution in [0.4, 0.5) is 5.69 Å². The minimum absolute atomic E-state index is 0.336. The highest BCUT2D eigenvalue weighted by molar-refractivity contribution is 6.15. The van der Waals surface area contributed by atoms with Gasteiger partial charge in [-0.1, -0.05) is 35.9 Å². The molecule has 2 aromatic rings. The van der Waals surface area contributed by atoms with Gasteiger partial charge in [-0.05, 0) is 19.1 Å². The summed E-state index contributed by atoms with van der Waals surface area (Å²) in [6.07, 6.45) is 0. The lowest BCUT2D eigenvalue weighted by Gasteiger charge is -2.10. The van der Waals surface area contributed by atoms with E-state index >= 15 is 0 Å². The highest BCUT2D eigenvalue weighted by atomic mass is 16.5. The van der Waals surface area contributed by atoms with Crippen LogP contribution in [-0.4, -0.2) is 18.8 Å². The van der Waals surface area contributed by atoms with Crippen molar-refractivity contribution in [2.75, 3.05) is 12.4 Å². The lowest BCUT2D eigenvalue weighted by atomic mass is 9.97. The fraction of sp³-hybridized carbons (Fsp3) is 0.167. The van der Waals surface area contributed by atoms with E-state index in [1.165, 1.54) is 7.11 Å². The summed E-state index contributed by atoms with van der Waals surface area (Å²) >= 11 is 0. The number of anilines is 1. The fourth-order valence-corrected chi connectivity index (χ4v) is 2.04. The van der Waals surface area contributed by atoms with Crippen molar-refractivity contribution < 1.29 is 14.3 Å². The number of Topliss-reactive ketones (excluding diaryl/α,β-unsaturated/α-hetero) is 1. The number of ether oxygens (including phenoxy) is 1. The van der Waals surface area contributed by atoms with E-state index in [1.54, 1.807) is 54.6 Å². The molecule has 0 saturated heterocycles. The zero-order valence-electron chi connectivity index (χ0n) is 12.9. The Hall–Kier alpha value is -3.13. The van der Waals surface area contributed by atoms with Crippen molar-refractivity contribution in [3.05, 3.63) is 59.7 Å². The number of ketones is 1. The SMILES string of the molecule is COc1cccc(NC(=O)[C@@H](C#N)C(=O)c2ccc(C)cc2)c1. The topological polar surface area (TPSA) is 79.2 Å². The summed E-state index contributed by atoms with van der Waals surface area (Å²) in [5.74, 6) is -2.01. The summed E-state index contributed by atoms with van der Waals surface area (Å²) in [4.78, 5) is 24.6. The number of nitrogens with zero attached hydrogens (tertiary/aromatic N) is 1. The van der Waals surface area contributed by atoms with Crippen LogP contribution in [0.15, 0.2) is 48.5 Å². The number of methoxy groups -OCH3 is 1. The minimum atomic E-state index is -1.40. The highest BCUT2D eigenvalue weighted by Crippen LogP contribution is 2.18. The molecule has 0 unspecified atom stereocenters. The van der Waals surface area contributed by atoms with E-state index in [0.717, 1.165) is 5.56 Å². The molecule has 0 aliphatic carbocycles. The van der Waals surface area contributed by atoms with Gasteiger partial charge in [0.1, 0.15) is 5.75 Å². The van der Waals surface area contributed by atoms with Crippen molar-refractivity contribution in [3.63, 3.8) is 0 Å². The number of benzene rings is 2. The van der Waals surface area contributed by atoms with Gasteiger partial charge in [0.25, 0.3) is 0 Å². The van der Waals surface area contributed by atoms with E-state index in [4.69, 9.17) is 4.74 Å². The first kappa shape index (κ1) is 16.2. The van der Waals surface area contributed by atoms with Crippen molar-refractivity contribution in [1.82, 2.24) is 0 Å². The number of hydrogen-bond acceptors (Lipinski definition) is 4. The third-order valence-corrected chi connectivity index (χ3v) is 3.33. The molecule has 0 aliphatic heterocycles. The number of carbonyl (C=O) groups is 2. The van der Waals surface area contributed by atoms with Gasteiger partial charge in [-0.25, -0.2) is 0 Å². The van der Waals surface area contributed by atoms with Crippen LogP contribution in [0, 0.1) is 24.2 Å². The van der Waals surface area contributed by atoms with Crippen molar-refractivity contribution in [2.24, 2.45) is 5.92 Å². The maximum atomic E-state index is 12.3. The van der Waals surface area contributed by atoms with Crippen LogP contribution in [0.2, 0.25) is 0 Å². The van der Waals surface area contributed by atoms with Gasteiger partial charge in [0.15, 0.2) is 11.7 Å². The third-order valence-electron chi connectivity index (χ3n) is 3.33. The highest BCUT2D eigenvalue weighted by Gasteiger charge is 2.27. The molecular formula is C18H16N2O3. The third kappa shape index (κ3) is 3.95. The number of aryl methyl sites for hydroxylation is 1. The van der Waals surface area contributed by atoms with E-state index in [9.17, 15) is 14.9 Å². The van der Waals surface area contributed by atoms with Crippen LogP contribution >= 0.6 is 0 Å². The standard InChI is InChI=1S/C18H16N2O3/c1-12-6-8-13(9-7-12)17(21)16(11-19)18(22)20-14-4-3-5-15(10-14)23-2/h3-10,16H,1-2H3,(H,20,22)/t16-/m0/s1. The van der Waals surface area contributed by atoms with Crippen LogP contribution in [0.1, 0.15) is 15.9 Å². The molecule has 0 heterocycles. The molecule has 0 aliphatic rings. The van der Waals surface area contributed by atoms with Gasteiger partial charge in [-0.3, -0.25) is 9.59 Å². The van der Waals surface area contributed by atoms with E-state index in [1.807, 2.05) is 6.92 Å². The second-order valence-electron chi connectivity index (χ2n) is 5.01. The number of nitrogens with one attached hydrogen (secondary N) is 1. The summed E-state index contributed by atoms with van der Waals surface area (Å²) in [6, 6.07) is 15.2. The van der Waals surface area contributed by atoms with Gasteiger partial charge in [0.2, 0.25) is 5.91 Å². The number of nitriles is 1. The van der Waals surface area contributed by atoms with E-state index in [2.05, 4.69) is 5.32 Å². The molecule has 0 spiro atoms. The zero-order valence-corrected chi connectivity index (χ0v) is 12.9. The van der Waals surface area contributed by atoms with E-state index in [-0.39, 0.29) is 0 Å². The Bertz CT molecular complexity index is 761. The summed E-state index contributed by atoms with van der Waals surface area (Å²) < 4.78 is 5.07. The molecule has 0 aromatic heterocycles. The normalized spacial score (nSPS) is 11.2.